The van der Waals surface area contributed by atoms with Gasteiger partial charge in [0, 0.05) is 46.3 Å². The molecule has 1 aliphatic rings. The van der Waals surface area contributed by atoms with Crippen molar-refractivity contribution in [1.29, 1.82) is 0 Å². The fourth-order valence-corrected chi connectivity index (χ4v) is 4.41. The van der Waals surface area contributed by atoms with Gasteiger partial charge in [-0.3, -0.25) is 4.99 Å². The fourth-order valence-electron chi connectivity index (χ4n) is 2.77. The fraction of sp³-hybridized carbons (Fsp3) is 0.611. The summed E-state index contributed by atoms with van der Waals surface area (Å²) >= 11 is 0. The van der Waals surface area contributed by atoms with Crippen LogP contribution < -0.4 is 10.6 Å². The number of hydrogen-bond acceptors (Lipinski definition) is 4. The molecule has 0 saturated carbocycles. The normalized spacial score (nSPS) is 17.5. The highest BCUT2D eigenvalue weighted by Gasteiger charge is 2.29. The minimum absolute atomic E-state index is 0.372. The molecule has 1 fully saturated rings. The van der Waals surface area contributed by atoms with Crippen LogP contribution in [0.2, 0.25) is 0 Å². The van der Waals surface area contributed by atoms with Crippen molar-refractivity contribution in [2.75, 3.05) is 46.8 Å². The Morgan fingerprint density at radius 3 is 2.42 bits per heavy atom. The number of sulfonamides is 1. The van der Waals surface area contributed by atoms with Crippen molar-refractivity contribution in [2.45, 2.75) is 25.3 Å². The van der Waals surface area contributed by atoms with Crippen molar-refractivity contribution in [3.63, 3.8) is 0 Å². The lowest BCUT2D eigenvalue weighted by molar-refractivity contribution is 0.222. The van der Waals surface area contributed by atoms with Crippen molar-refractivity contribution in [2.24, 2.45) is 10.9 Å². The Kier molecular flexibility index (Phi) is 7.43. The summed E-state index contributed by atoms with van der Waals surface area (Å²) < 4.78 is 27.7. The van der Waals surface area contributed by atoms with Crippen LogP contribution in [0.1, 0.15) is 19.4 Å². The predicted molar refractivity (Wildman–Crippen MR) is 106 cm³/mol. The van der Waals surface area contributed by atoms with Crippen molar-refractivity contribution < 1.29 is 8.42 Å². The summed E-state index contributed by atoms with van der Waals surface area (Å²) in [5.41, 5.74) is 0.749. The number of likely N-dealkylation sites (N-methyl/N-ethyl adjacent to an activating group) is 1. The highest BCUT2D eigenvalue weighted by atomic mass is 32.2. The molecule has 26 heavy (non-hydrogen) atoms. The van der Waals surface area contributed by atoms with Gasteiger partial charge < -0.3 is 15.5 Å². The molecule has 0 unspecified atom stereocenters. The zero-order chi connectivity index (χ0) is 19.2. The third-order valence-corrected chi connectivity index (χ3v) is 6.40. The van der Waals surface area contributed by atoms with Crippen LogP contribution in [0.15, 0.2) is 34.2 Å². The van der Waals surface area contributed by atoms with E-state index < -0.39 is 10.0 Å². The SMILES string of the molecule is CN=C(NCc1ccccc1S(=O)(=O)N1CCN(C)CC1)NCC(C)C. The van der Waals surface area contributed by atoms with E-state index in [0.717, 1.165) is 25.2 Å². The molecule has 0 radical (unpaired) electrons. The van der Waals surface area contributed by atoms with Crippen LogP contribution in [-0.2, 0) is 16.6 Å². The van der Waals surface area contributed by atoms with Crippen molar-refractivity contribution in [1.82, 2.24) is 19.8 Å². The van der Waals surface area contributed by atoms with Gasteiger partial charge in [0.05, 0.1) is 4.90 Å². The first-order valence-electron chi connectivity index (χ1n) is 9.05. The second kappa shape index (κ2) is 9.34. The first-order chi connectivity index (χ1) is 12.3. The molecule has 146 valence electrons. The van der Waals surface area contributed by atoms with E-state index in [2.05, 4.69) is 34.4 Å². The van der Waals surface area contributed by atoms with Gasteiger partial charge in [0.15, 0.2) is 5.96 Å². The summed E-state index contributed by atoms with van der Waals surface area (Å²) in [6.45, 7) is 8.02. The molecule has 0 aromatic heterocycles. The van der Waals surface area contributed by atoms with E-state index in [9.17, 15) is 8.42 Å². The Morgan fingerprint density at radius 1 is 1.15 bits per heavy atom. The minimum atomic E-state index is -3.49. The molecule has 2 rings (SSSR count). The van der Waals surface area contributed by atoms with Crippen LogP contribution in [0, 0.1) is 5.92 Å². The zero-order valence-electron chi connectivity index (χ0n) is 16.2. The Balaban J connectivity index is 2.12. The minimum Gasteiger partial charge on any atom is -0.356 e. The van der Waals surface area contributed by atoms with Crippen molar-refractivity contribution in [3.05, 3.63) is 29.8 Å². The van der Waals surface area contributed by atoms with Gasteiger partial charge in [-0.1, -0.05) is 32.0 Å². The van der Waals surface area contributed by atoms with Crippen LogP contribution in [-0.4, -0.2) is 70.4 Å². The predicted octanol–water partition coefficient (Wildman–Crippen LogP) is 0.944. The van der Waals surface area contributed by atoms with E-state index in [-0.39, 0.29) is 0 Å². The average molecular weight is 382 g/mol. The van der Waals surface area contributed by atoms with Crippen LogP contribution in [0.3, 0.4) is 0 Å². The second-order valence-electron chi connectivity index (χ2n) is 7.02. The molecule has 0 bridgehead atoms. The molecule has 0 spiro atoms. The molecule has 1 aromatic rings. The summed E-state index contributed by atoms with van der Waals surface area (Å²) in [5.74, 6) is 1.17. The Labute approximate surface area is 157 Å². The van der Waals surface area contributed by atoms with Gasteiger partial charge >= 0.3 is 0 Å². The lowest BCUT2D eigenvalue weighted by Gasteiger charge is -2.32. The van der Waals surface area contributed by atoms with Crippen LogP contribution in [0.4, 0.5) is 0 Å². The van der Waals surface area contributed by atoms with Crippen LogP contribution in [0.25, 0.3) is 0 Å². The van der Waals surface area contributed by atoms with E-state index in [1.165, 1.54) is 0 Å². The van der Waals surface area contributed by atoms with E-state index in [4.69, 9.17) is 0 Å². The van der Waals surface area contributed by atoms with E-state index in [1.807, 2.05) is 19.2 Å². The van der Waals surface area contributed by atoms with Gasteiger partial charge in [0.25, 0.3) is 0 Å². The maximum Gasteiger partial charge on any atom is 0.243 e. The molecule has 1 aromatic carbocycles. The van der Waals surface area contributed by atoms with Gasteiger partial charge in [-0.25, -0.2) is 8.42 Å². The van der Waals surface area contributed by atoms with E-state index in [1.54, 1.807) is 23.5 Å². The van der Waals surface area contributed by atoms with Crippen LogP contribution >= 0.6 is 0 Å². The maximum absolute atomic E-state index is 13.1. The topological polar surface area (TPSA) is 77.0 Å². The van der Waals surface area contributed by atoms with E-state index in [0.29, 0.717) is 36.4 Å². The molecular weight excluding hydrogens is 350 g/mol. The number of rotatable bonds is 6. The standard InChI is InChI=1S/C18H31N5O2S/c1-15(2)13-20-18(19-3)21-14-16-7-5-6-8-17(16)26(24,25)23-11-9-22(4)10-12-23/h5-8,15H,9-14H2,1-4H3,(H2,19,20,21). The van der Waals surface area contributed by atoms with Gasteiger partial charge in [0.2, 0.25) is 10.0 Å². The average Bonchev–Trinajstić information content (AvgIpc) is 2.62. The number of aliphatic imine (C=N–C) groups is 1. The third-order valence-electron chi connectivity index (χ3n) is 4.40. The molecule has 0 amide bonds. The second-order valence-corrected chi connectivity index (χ2v) is 8.92. The molecular formula is C18H31N5O2S. The summed E-state index contributed by atoms with van der Waals surface area (Å²) in [6, 6.07) is 7.18. The lowest BCUT2D eigenvalue weighted by atomic mass is 10.2. The number of guanidine groups is 1. The van der Waals surface area contributed by atoms with Crippen molar-refractivity contribution in [3.8, 4) is 0 Å². The molecule has 0 atom stereocenters. The number of hydrogen-bond donors (Lipinski definition) is 2. The van der Waals surface area contributed by atoms with Gasteiger partial charge in [-0.15, -0.1) is 0 Å². The lowest BCUT2D eigenvalue weighted by Crippen LogP contribution is -2.47. The number of nitrogens with one attached hydrogen (secondary N) is 2. The van der Waals surface area contributed by atoms with Crippen LogP contribution in [0.5, 0.6) is 0 Å². The maximum atomic E-state index is 13.1. The number of piperazine rings is 1. The van der Waals surface area contributed by atoms with Gasteiger partial charge in [0.1, 0.15) is 0 Å². The van der Waals surface area contributed by atoms with Gasteiger partial charge in [-0.05, 0) is 24.6 Å². The molecule has 1 heterocycles. The summed E-state index contributed by atoms with van der Waals surface area (Å²) in [4.78, 5) is 6.71. The number of nitrogens with zero attached hydrogens (tertiary/aromatic N) is 3. The summed E-state index contributed by atoms with van der Waals surface area (Å²) in [7, 11) is 0.232. The largest absolute Gasteiger partial charge is 0.356 e. The Bertz CT molecular complexity index is 710. The summed E-state index contributed by atoms with van der Waals surface area (Å²) in [5, 5.41) is 6.45. The third kappa shape index (κ3) is 5.43. The van der Waals surface area contributed by atoms with Crippen molar-refractivity contribution >= 4 is 16.0 Å². The molecule has 8 heteroatoms. The number of benzene rings is 1. The summed E-state index contributed by atoms with van der Waals surface area (Å²) in [6.07, 6.45) is 0. The van der Waals surface area contributed by atoms with Gasteiger partial charge in [-0.2, -0.15) is 4.31 Å². The zero-order valence-corrected chi connectivity index (χ0v) is 17.0. The Morgan fingerprint density at radius 2 is 1.81 bits per heavy atom. The molecule has 0 aliphatic carbocycles. The smallest absolute Gasteiger partial charge is 0.243 e. The molecule has 1 saturated heterocycles. The van der Waals surface area contributed by atoms with E-state index >= 15 is 0 Å². The monoisotopic (exact) mass is 381 g/mol. The molecule has 7 nitrogen and oxygen atoms in total. The molecule has 1 aliphatic heterocycles. The highest BCUT2D eigenvalue weighted by molar-refractivity contribution is 7.89. The Hall–Kier alpha value is -1.64. The highest BCUT2D eigenvalue weighted by Crippen LogP contribution is 2.21. The first-order valence-corrected chi connectivity index (χ1v) is 10.5. The quantitative estimate of drug-likeness (QED) is 0.567. The molecule has 2 N–H and O–H groups in total. The first kappa shape index (κ1) is 20.7.